The first-order chi connectivity index (χ1) is 12.6. The van der Waals surface area contributed by atoms with Crippen LogP contribution in [-0.2, 0) is 14.8 Å². The molecule has 1 aromatic carbocycles. The first kappa shape index (κ1) is 21.3. The van der Waals surface area contributed by atoms with Crippen LogP contribution in [-0.4, -0.2) is 37.5 Å². The number of sulfonamides is 1. The number of nitrogens with zero attached hydrogens (tertiary/aromatic N) is 1. The molecule has 0 atom stereocenters. The summed E-state index contributed by atoms with van der Waals surface area (Å²) in [6.45, 7) is 5.52. The fourth-order valence-corrected chi connectivity index (χ4v) is 4.51. The average molecular weight is 409 g/mol. The van der Waals surface area contributed by atoms with E-state index < -0.39 is 10.0 Å². The minimum Gasteiger partial charge on any atom is -0.326 e. The van der Waals surface area contributed by atoms with Gasteiger partial charge >= 0.3 is 0 Å². The molecule has 6 nitrogen and oxygen atoms in total. The number of nitrogens with one attached hydrogen (secondary N) is 1. The Morgan fingerprint density at radius 2 is 1.70 bits per heavy atom. The third-order valence-electron chi connectivity index (χ3n) is 4.14. The van der Waals surface area contributed by atoms with Gasteiger partial charge in [-0.3, -0.25) is 9.59 Å². The fraction of sp³-hybridized carbons (Fsp3) is 0.368. The van der Waals surface area contributed by atoms with Crippen molar-refractivity contribution in [2.24, 2.45) is 0 Å². The van der Waals surface area contributed by atoms with Gasteiger partial charge < -0.3 is 5.32 Å². The Labute approximate surface area is 164 Å². The van der Waals surface area contributed by atoms with Crippen molar-refractivity contribution in [1.82, 2.24) is 4.31 Å². The van der Waals surface area contributed by atoms with Crippen molar-refractivity contribution in [1.29, 1.82) is 0 Å². The molecule has 2 aromatic rings. The lowest BCUT2D eigenvalue weighted by Gasteiger charge is -2.21. The predicted octanol–water partition coefficient (Wildman–Crippen LogP) is 3.69. The summed E-state index contributed by atoms with van der Waals surface area (Å²) in [5.41, 5.74) is 0.491. The molecule has 0 aliphatic heterocycles. The van der Waals surface area contributed by atoms with Crippen molar-refractivity contribution >= 4 is 38.7 Å². The zero-order chi connectivity index (χ0) is 20.2. The second kappa shape index (κ2) is 8.77. The van der Waals surface area contributed by atoms with Gasteiger partial charge in [-0.1, -0.05) is 0 Å². The Bertz CT molecular complexity index is 915. The van der Waals surface area contributed by atoms with E-state index in [2.05, 4.69) is 5.32 Å². The number of thiophene rings is 1. The second-order valence-corrected chi connectivity index (χ2v) is 9.81. The number of rotatable bonds is 8. The molecule has 0 aliphatic rings. The highest BCUT2D eigenvalue weighted by Gasteiger charge is 2.22. The highest BCUT2D eigenvalue weighted by atomic mass is 32.2. The molecule has 0 aliphatic carbocycles. The second-order valence-electron chi connectivity index (χ2n) is 6.52. The highest BCUT2D eigenvalue weighted by Crippen LogP contribution is 2.20. The number of aryl methyl sites for hydroxylation is 1. The molecule has 0 fully saturated rings. The average Bonchev–Trinajstić information content (AvgIpc) is 3.06. The predicted molar refractivity (Wildman–Crippen MR) is 108 cm³/mol. The van der Waals surface area contributed by atoms with Gasteiger partial charge in [-0.2, -0.15) is 4.31 Å². The third kappa shape index (κ3) is 5.47. The largest absolute Gasteiger partial charge is 0.326 e. The molecule has 0 spiro atoms. The molecule has 0 unspecified atom stereocenters. The van der Waals surface area contributed by atoms with Gasteiger partial charge in [0.1, 0.15) is 0 Å². The maximum absolute atomic E-state index is 12.4. The van der Waals surface area contributed by atoms with Gasteiger partial charge in [-0.05, 0) is 57.2 Å². The third-order valence-corrected chi connectivity index (χ3v) is 7.23. The van der Waals surface area contributed by atoms with Gasteiger partial charge in [0.25, 0.3) is 0 Å². The van der Waals surface area contributed by atoms with Gasteiger partial charge in [0.2, 0.25) is 15.9 Å². The molecule has 8 heteroatoms. The molecular weight excluding hydrogens is 384 g/mol. The SMILES string of the molecule is Cc1ccc(C(=O)CCC(=O)Nc2ccc(S(=O)(=O)N(C)C(C)C)cc2)s1. The Hall–Kier alpha value is -2.03. The van der Waals surface area contributed by atoms with Crippen LogP contribution in [0.2, 0.25) is 0 Å². The van der Waals surface area contributed by atoms with Crippen LogP contribution in [0.4, 0.5) is 5.69 Å². The number of hydrogen-bond donors (Lipinski definition) is 1. The van der Waals surface area contributed by atoms with Gasteiger partial charge in [0.05, 0.1) is 9.77 Å². The van der Waals surface area contributed by atoms with Gasteiger partial charge in [0, 0.05) is 36.5 Å². The summed E-state index contributed by atoms with van der Waals surface area (Å²) < 4.78 is 26.1. The highest BCUT2D eigenvalue weighted by molar-refractivity contribution is 7.89. The zero-order valence-corrected chi connectivity index (χ0v) is 17.5. The normalized spacial score (nSPS) is 11.8. The minimum absolute atomic E-state index is 0.0542. The number of amides is 1. The van der Waals surface area contributed by atoms with Crippen LogP contribution < -0.4 is 5.32 Å². The van der Waals surface area contributed by atoms with Crippen LogP contribution in [0.3, 0.4) is 0 Å². The molecule has 0 saturated carbocycles. The number of ketones is 1. The first-order valence-corrected chi connectivity index (χ1v) is 10.8. The van der Waals surface area contributed by atoms with Gasteiger partial charge in [-0.15, -0.1) is 11.3 Å². The number of carbonyl (C=O) groups excluding carboxylic acids is 2. The van der Waals surface area contributed by atoms with Crippen molar-refractivity contribution in [3.63, 3.8) is 0 Å². The van der Waals surface area contributed by atoms with Gasteiger partial charge in [0.15, 0.2) is 5.78 Å². The quantitative estimate of drug-likeness (QED) is 0.675. The van der Waals surface area contributed by atoms with E-state index in [-0.39, 0.29) is 35.5 Å². The van der Waals surface area contributed by atoms with E-state index in [4.69, 9.17) is 0 Å². The first-order valence-electron chi connectivity index (χ1n) is 8.59. The lowest BCUT2D eigenvalue weighted by Crippen LogP contribution is -2.33. The van der Waals surface area contributed by atoms with E-state index >= 15 is 0 Å². The summed E-state index contributed by atoms with van der Waals surface area (Å²) in [4.78, 5) is 26.0. The van der Waals surface area contributed by atoms with E-state index in [9.17, 15) is 18.0 Å². The summed E-state index contributed by atoms with van der Waals surface area (Å²) in [6, 6.07) is 9.51. The molecule has 1 N–H and O–H groups in total. The summed E-state index contributed by atoms with van der Waals surface area (Å²) in [7, 11) is -2.03. The van der Waals surface area contributed by atoms with Crippen molar-refractivity contribution in [3.05, 3.63) is 46.2 Å². The van der Waals surface area contributed by atoms with Gasteiger partial charge in [-0.25, -0.2) is 8.42 Å². The monoisotopic (exact) mass is 408 g/mol. The Kier molecular flexibility index (Phi) is 6.91. The maximum atomic E-state index is 12.4. The Morgan fingerprint density at radius 3 is 2.22 bits per heavy atom. The van der Waals surface area contributed by atoms with Crippen LogP contribution in [0.25, 0.3) is 0 Å². The van der Waals surface area contributed by atoms with E-state index in [1.54, 1.807) is 32.0 Å². The van der Waals surface area contributed by atoms with Crippen LogP contribution in [0.1, 0.15) is 41.2 Å². The zero-order valence-electron chi connectivity index (χ0n) is 15.9. The van der Waals surface area contributed by atoms with E-state index in [0.717, 1.165) is 4.88 Å². The Balaban J connectivity index is 1.94. The molecular formula is C19H24N2O4S2. The summed E-state index contributed by atoms with van der Waals surface area (Å²) in [6.07, 6.45) is 0.212. The lowest BCUT2D eigenvalue weighted by atomic mass is 10.2. The van der Waals surface area contributed by atoms with Crippen LogP contribution in [0.15, 0.2) is 41.3 Å². The van der Waals surface area contributed by atoms with Crippen LogP contribution >= 0.6 is 11.3 Å². The van der Waals surface area contributed by atoms with Crippen molar-refractivity contribution in [2.45, 2.75) is 44.6 Å². The number of carbonyl (C=O) groups is 2. The number of anilines is 1. The van der Waals surface area contributed by atoms with Crippen LogP contribution in [0, 0.1) is 6.92 Å². The molecule has 0 bridgehead atoms. The molecule has 27 heavy (non-hydrogen) atoms. The van der Waals surface area contributed by atoms with E-state index in [0.29, 0.717) is 10.6 Å². The van der Waals surface area contributed by atoms with Crippen LogP contribution in [0.5, 0.6) is 0 Å². The smallest absolute Gasteiger partial charge is 0.243 e. The number of hydrogen-bond acceptors (Lipinski definition) is 5. The standard InChI is InChI=1S/C19H24N2O4S2/c1-13(2)21(4)27(24,25)16-8-6-15(7-9-16)20-19(23)12-10-17(22)18-11-5-14(3)26-18/h5-9,11,13H,10,12H2,1-4H3,(H,20,23). The van der Waals surface area contributed by atoms with Crippen molar-refractivity contribution < 1.29 is 18.0 Å². The van der Waals surface area contributed by atoms with E-state index in [1.807, 2.05) is 13.0 Å². The molecule has 0 saturated heterocycles. The molecule has 1 heterocycles. The van der Waals surface area contributed by atoms with Crippen molar-refractivity contribution in [2.75, 3.05) is 12.4 Å². The molecule has 1 aromatic heterocycles. The molecule has 2 rings (SSSR count). The van der Waals surface area contributed by atoms with E-state index in [1.165, 1.54) is 34.8 Å². The Morgan fingerprint density at radius 1 is 1.07 bits per heavy atom. The summed E-state index contributed by atoms with van der Waals surface area (Å²) >= 11 is 1.42. The summed E-state index contributed by atoms with van der Waals surface area (Å²) in [5, 5.41) is 2.69. The van der Waals surface area contributed by atoms with Crippen molar-refractivity contribution in [3.8, 4) is 0 Å². The minimum atomic E-state index is -3.56. The topological polar surface area (TPSA) is 83.5 Å². The summed E-state index contributed by atoms with van der Waals surface area (Å²) in [5.74, 6) is -0.340. The molecule has 146 valence electrons. The molecule has 0 radical (unpaired) electrons. The maximum Gasteiger partial charge on any atom is 0.243 e. The lowest BCUT2D eigenvalue weighted by molar-refractivity contribution is -0.116. The fourth-order valence-electron chi connectivity index (χ4n) is 2.31. The molecule has 1 amide bonds. The number of Topliss-reactive ketones (excluding diaryl/α,β-unsaturated/α-hetero) is 1. The number of benzene rings is 1.